The molecule has 0 amide bonds. The molecule has 0 fully saturated rings. The van der Waals surface area contributed by atoms with E-state index < -0.39 is 5.97 Å². The Morgan fingerprint density at radius 3 is 2.46 bits per heavy atom. The number of aromatic nitrogens is 1. The number of nitrogens with one attached hydrogen (secondary N) is 1. The van der Waals surface area contributed by atoms with Crippen molar-refractivity contribution in [3.05, 3.63) is 83.6 Å². The van der Waals surface area contributed by atoms with Gasteiger partial charge in [0.15, 0.2) is 0 Å². The standard InChI is InChI=1S/C20H18N2O2/c1-14-6-11-19(21-12-14)22-13-15-7-9-16(10-8-15)17-4-2-3-5-18(17)20(23)24/h2-12H,13H2,1H3,(H,21,22)(H,23,24). The topological polar surface area (TPSA) is 62.2 Å². The summed E-state index contributed by atoms with van der Waals surface area (Å²) in [5, 5.41) is 12.6. The lowest BCUT2D eigenvalue weighted by Gasteiger charge is -2.09. The molecule has 1 heterocycles. The molecule has 24 heavy (non-hydrogen) atoms. The molecule has 0 unspecified atom stereocenters. The molecule has 2 aromatic carbocycles. The fourth-order valence-electron chi connectivity index (χ4n) is 2.49. The van der Waals surface area contributed by atoms with Crippen LogP contribution in [0.1, 0.15) is 21.5 Å². The van der Waals surface area contributed by atoms with Crippen molar-refractivity contribution in [3.63, 3.8) is 0 Å². The summed E-state index contributed by atoms with van der Waals surface area (Å²) in [6, 6.07) is 18.9. The fraction of sp³-hybridized carbons (Fsp3) is 0.100. The van der Waals surface area contributed by atoms with E-state index in [1.165, 1.54) is 0 Å². The first-order valence-corrected chi connectivity index (χ1v) is 7.71. The number of hydrogen-bond acceptors (Lipinski definition) is 3. The molecule has 3 aromatic rings. The summed E-state index contributed by atoms with van der Waals surface area (Å²) in [5.74, 6) is -0.0808. The minimum Gasteiger partial charge on any atom is -0.478 e. The Balaban J connectivity index is 1.74. The number of benzene rings is 2. The number of aromatic carboxylic acids is 1. The van der Waals surface area contributed by atoms with Crippen LogP contribution in [0.4, 0.5) is 5.82 Å². The molecule has 1 aromatic heterocycles. The predicted molar refractivity (Wildman–Crippen MR) is 95.1 cm³/mol. The molecule has 0 aliphatic carbocycles. The van der Waals surface area contributed by atoms with Gasteiger partial charge >= 0.3 is 5.97 Å². The van der Waals surface area contributed by atoms with Gasteiger partial charge in [-0.2, -0.15) is 0 Å². The summed E-state index contributed by atoms with van der Waals surface area (Å²) < 4.78 is 0. The summed E-state index contributed by atoms with van der Waals surface area (Å²) >= 11 is 0. The third kappa shape index (κ3) is 3.60. The van der Waals surface area contributed by atoms with Crippen LogP contribution in [0.3, 0.4) is 0 Å². The highest BCUT2D eigenvalue weighted by Crippen LogP contribution is 2.24. The fourth-order valence-corrected chi connectivity index (χ4v) is 2.49. The normalized spacial score (nSPS) is 10.4. The zero-order valence-corrected chi connectivity index (χ0v) is 13.4. The first kappa shape index (κ1) is 15.7. The highest BCUT2D eigenvalue weighted by atomic mass is 16.4. The van der Waals surface area contributed by atoms with Gasteiger partial charge in [0.05, 0.1) is 5.56 Å². The van der Waals surface area contributed by atoms with E-state index in [1.807, 2.05) is 61.7 Å². The molecule has 2 N–H and O–H groups in total. The molecular weight excluding hydrogens is 300 g/mol. The number of aryl methyl sites for hydroxylation is 1. The lowest BCUT2D eigenvalue weighted by Crippen LogP contribution is -2.01. The maximum absolute atomic E-state index is 11.3. The second-order valence-corrected chi connectivity index (χ2v) is 5.62. The van der Waals surface area contributed by atoms with Gasteiger partial charge in [0.2, 0.25) is 0 Å². The first-order valence-electron chi connectivity index (χ1n) is 7.71. The minimum absolute atomic E-state index is 0.312. The van der Waals surface area contributed by atoms with Crippen LogP contribution in [-0.4, -0.2) is 16.1 Å². The molecule has 0 saturated heterocycles. The Morgan fingerprint density at radius 2 is 1.79 bits per heavy atom. The van der Waals surface area contributed by atoms with Crippen molar-refractivity contribution in [2.24, 2.45) is 0 Å². The molecule has 3 rings (SSSR count). The number of hydrogen-bond donors (Lipinski definition) is 2. The van der Waals surface area contributed by atoms with E-state index in [4.69, 9.17) is 0 Å². The van der Waals surface area contributed by atoms with Gasteiger partial charge in [0.1, 0.15) is 5.82 Å². The van der Waals surface area contributed by atoms with Crippen molar-refractivity contribution in [2.45, 2.75) is 13.5 Å². The summed E-state index contributed by atoms with van der Waals surface area (Å²) in [5.41, 5.74) is 4.16. The van der Waals surface area contributed by atoms with Crippen molar-refractivity contribution >= 4 is 11.8 Å². The lowest BCUT2D eigenvalue weighted by molar-refractivity contribution is 0.0697. The first-order chi connectivity index (χ1) is 11.6. The minimum atomic E-state index is -0.915. The summed E-state index contributed by atoms with van der Waals surface area (Å²) in [4.78, 5) is 15.6. The van der Waals surface area contributed by atoms with Gasteiger partial charge in [-0.05, 0) is 41.3 Å². The largest absolute Gasteiger partial charge is 0.478 e. The summed E-state index contributed by atoms with van der Waals surface area (Å²) in [7, 11) is 0. The number of pyridine rings is 1. The zero-order chi connectivity index (χ0) is 16.9. The Bertz CT molecular complexity index is 840. The SMILES string of the molecule is Cc1ccc(NCc2ccc(-c3ccccc3C(=O)O)cc2)nc1. The van der Waals surface area contributed by atoms with Crippen LogP contribution in [0.15, 0.2) is 66.9 Å². The molecule has 0 bridgehead atoms. The third-order valence-corrected chi connectivity index (χ3v) is 3.81. The van der Waals surface area contributed by atoms with Crippen LogP contribution in [0.25, 0.3) is 11.1 Å². The molecular formula is C20H18N2O2. The summed E-state index contributed by atoms with van der Waals surface area (Å²) in [6.45, 7) is 2.67. The van der Waals surface area contributed by atoms with Crippen molar-refractivity contribution in [1.82, 2.24) is 4.98 Å². The molecule has 120 valence electrons. The van der Waals surface area contributed by atoms with Gasteiger partial charge in [-0.15, -0.1) is 0 Å². The highest BCUT2D eigenvalue weighted by Gasteiger charge is 2.10. The van der Waals surface area contributed by atoms with Crippen LogP contribution in [0.2, 0.25) is 0 Å². The second-order valence-electron chi connectivity index (χ2n) is 5.62. The van der Waals surface area contributed by atoms with Crippen LogP contribution >= 0.6 is 0 Å². The number of rotatable bonds is 5. The summed E-state index contributed by atoms with van der Waals surface area (Å²) in [6.07, 6.45) is 1.83. The third-order valence-electron chi connectivity index (χ3n) is 3.81. The molecule has 4 nitrogen and oxygen atoms in total. The Kier molecular flexibility index (Phi) is 4.57. The molecule has 0 aliphatic rings. The van der Waals surface area contributed by atoms with Crippen molar-refractivity contribution < 1.29 is 9.90 Å². The maximum atomic E-state index is 11.3. The Labute approximate surface area is 140 Å². The number of anilines is 1. The average Bonchev–Trinajstić information content (AvgIpc) is 2.62. The van der Waals surface area contributed by atoms with Crippen LogP contribution in [0.5, 0.6) is 0 Å². The van der Waals surface area contributed by atoms with Gasteiger partial charge in [0, 0.05) is 12.7 Å². The van der Waals surface area contributed by atoms with E-state index in [2.05, 4.69) is 10.3 Å². The van der Waals surface area contributed by atoms with Gasteiger partial charge in [-0.3, -0.25) is 0 Å². The van der Waals surface area contributed by atoms with E-state index in [0.29, 0.717) is 12.1 Å². The predicted octanol–water partition coefficient (Wildman–Crippen LogP) is 4.37. The van der Waals surface area contributed by atoms with Crippen molar-refractivity contribution in [3.8, 4) is 11.1 Å². The van der Waals surface area contributed by atoms with Crippen molar-refractivity contribution in [2.75, 3.05) is 5.32 Å². The number of carboxylic acid groups (broad SMARTS) is 1. The van der Waals surface area contributed by atoms with Gasteiger partial charge in [-0.1, -0.05) is 48.5 Å². The average molecular weight is 318 g/mol. The lowest BCUT2D eigenvalue weighted by atomic mass is 9.99. The Hall–Kier alpha value is -3.14. The second kappa shape index (κ2) is 6.96. The van der Waals surface area contributed by atoms with E-state index in [0.717, 1.165) is 28.1 Å². The van der Waals surface area contributed by atoms with Crippen molar-refractivity contribution in [1.29, 1.82) is 0 Å². The van der Waals surface area contributed by atoms with E-state index in [9.17, 15) is 9.90 Å². The van der Waals surface area contributed by atoms with E-state index >= 15 is 0 Å². The van der Waals surface area contributed by atoms with Gasteiger partial charge in [-0.25, -0.2) is 9.78 Å². The number of carboxylic acids is 1. The van der Waals surface area contributed by atoms with E-state index in [-0.39, 0.29) is 0 Å². The molecule has 4 heteroatoms. The smallest absolute Gasteiger partial charge is 0.336 e. The molecule has 0 saturated carbocycles. The monoisotopic (exact) mass is 318 g/mol. The number of nitrogens with zero attached hydrogens (tertiary/aromatic N) is 1. The number of carbonyl (C=O) groups is 1. The maximum Gasteiger partial charge on any atom is 0.336 e. The van der Waals surface area contributed by atoms with E-state index in [1.54, 1.807) is 12.1 Å². The molecule has 0 aliphatic heterocycles. The zero-order valence-electron chi connectivity index (χ0n) is 13.4. The molecule has 0 radical (unpaired) electrons. The van der Waals surface area contributed by atoms with Crippen LogP contribution in [0, 0.1) is 6.92 Å². The quantitative estimate of drug-likeness (QED) is 0.733. The van der Waals surface area contributed by atoms with Crippen LogP contribution < -0.4 is 5.32 Å². The highest BCUT2D eigenvalue weighted by molar-refractivity contribution is 5.95. The molecule has 0 spiro atoms. The van der Waals surface area contributed by atoms with Crippen LogP contribution in [-0.2, 0) is 6.54 Å². The molecule has 0 atom stereocenters. The Morgan fingerprint density at radius 1 is 1.04 bits per heavy atom. The van der Waals surface area contributed by atoms with Gasteiger partial charge < -0.3 is 10.4 Å². The van der Waals surface area contributed by atoms with Gasteiger partial charge in [0.25, 0.3) is 0 Å².